The van der Waals surface area contributed by atoms with Crippen molar-refractivity contribution in [2.75, 3.05) is 11.1 Å². The predicted octanol–water partition coefficient (Wildman–Crippen LogP) is 5.14. The third kappa shape index (κ3) is 5.16. The van der Waals surface area contributed by atoms with E-state index in [0.29, 0.717) is 38.1 Å². The first-order valence-electron chi connectivity index (χ1n) is 9.37. The Hall–Kier alpha value is -3.08. The molecule has 1 aliphatic rings. The van der Waals surface area contributed by atoms with E-state index in [1.165, 1.54) is 31.2 Å². The lowest BCUT2D eigenvalue weighted by Crippen LogP contribution is -2.28. The summed E-state index contributed by atoms with van der Waals surface area (Å²) in [6.45, 7) is 3.21. The second-order valence-electron chi connectivity index (χ2n) is 6.87. The Morgan fingerprint density at radius 2 is 1.90 bits per heavy atom. The number of dihydropyridines is 1. The normalized spacial score (nSPS) is 15.9. The van der Waals surface area contributed by atoms with Crippen LogP contribution < -0.4 is 10.6 Å². The molecule has 2 aromatic rings. The number of allylic oxidation sites excluding steroid dienone is 3. The molecule has 0 saturated heterocycles. The van der Waals surface area contributed by atoms with Gasteiger partial charge in [-0.1, -0.05) is 41.6 Å². The Bertz CT molecular complexity index is 1140. The molecule has 1 amide bonds. The molecular formula is C23H19ClFN3O2S. The highest BCUT2D eigenvalue weighted by molar-refractivity contribution is 8.03. The van der Waals surface area contributed by atoms with Gasteiger partial charge in [0.15, 0.2) is 5.78 Å². The highest BCUT2D eigenvalue weighted by Gasteiger charge is 2.34. The van der Waals surface area contributed by atoms with Crippen LogP contribution in [0.15, 0.2) is 70.4 Å². The number of amides is 1. The van der Waals surface area contributed by atoms with Gasteiger partial charge in [0.05, 0.1) is 28.3 Å². The van der Waals surface area contributed by atoms with Crippen molar-refractivity contribution in [3.63, 3.8) is 0 Å². The molecular weight excluding hydrogens is 437 g/mol. The number of carbonyl (C=O) groups is 2. The molecule has 1 atom stereocenters. The highest BCUT2D eigenvalue weighted by atomic mass is 35.5. The van der Waals surface area contributed by atoms with Crippen molar-refractivity contribution in [3.8, 4) is 6.07 Å². The fourth-order valence-electron chi connectivity index (χ4n) is 3.38. The maximum Gasteiger partial charge on any atom is 0.234 e. The average Bonchev–Trinajstić information content (AvgIpc) is 2.73. The highest BCUT2D eigenvalue weighted by Crippen LogP contribution is 2.42. The summed E-state index contributed by atoms with van der Waals surface area (Å²) in [5.41, 5.74) is 2.52. The van der Waals surface area contributed by atoms with Crippen molar-refractivity contribution in [1.82, 2.24) is 5.32 Å². The molecule has 0 fully saturated rings. The number of hydrogen-bond donors (Lipinski definition) is 2. The van der Waals surface area contributed by atoms with E-state index in [1.54, 1.807) is 31.2 Å². The van der Waals surface area contributed by atoms with Gasteiger partial charge >= 0.3 is 0 Å². The quantitative estimate of drug-likeness (QED) is 0.630. The van der Waals surface area contributed by atoms with Gasteiger partial charge in [-0.3, -0.25) is 9.59 Å². The average molecular weight is 456 g/mol. The molecule has 0 bridgehead atoms. The summed E-state index contributed by atoms with van der Waals surface area (Å²) in [6, 6.07) is 14.7. The maximum absolute atomic E-state index is 13.0. The van der Waals surface area contributed by atoms with E-state index >= 15 is 0 Å². The molecule has 0 spiro atoms. The summed E-state index contributed by atoms with van der Waals surface area (Å²) in [6.07, 6.45) is 0. The monoisotopic (exact) mass is 455 g/mol. The Kier molecular flexibility index (Phi) is 7.16. The number of anilines is 1. The van der Waals surface area contributed by atoms with Crippen LogP contribution in [-0.2, 0) is 9.59 Å². The first-order chi connectivity index (χ1) is 14.8. The maximum atomic E-state index is 13.0. The van der Waals surface area contributed by atoms with Gasteiger partial charge in [0.25, 0.3) is 0 Å². The number of nitriles is 1. The molecule has 0 aliphatic carbocycles. The van der Waals surface area contributed by atoms with Crippen LogP contribution in [-0.4, -0.2) is 17.4 Å². The third-order valence-corrected chi connectivity index (χ3v) is 6.08. The lowest BCUT2D eigenvalue weighted by atomic mass is 9.81. The number of Topliss-reactive ketones (excluding diaryl/α,β-unsaturated/α-hetero) is 1. The van der Waals surface area contributed by atoms with Crippen LogP contribution in [0.1, 0.15) is 25.3 Å². The molecule has 2 N–H and O–H groups in total. The van der Waals surface area contributed by atoms with E-state index in [-0.39, 0.29) is 17.4 Å². The van der Waals surface area contributed by atoms with Crippen molar-refractivity contribution >= 4 is 40.7 Å². The van der Waals surface area contributed by atoms with Crippen LogP contribution in [0.25, 0.3) is 0 Å². The first kappa shape index (κ1) is 22.6. The number of ketones is 1. The van der Waals surface area contributed by atoms with Gasteiger partial charge in [-0.25, -0.2) is 4.39 Å². The molecule has 1 heterocycles. The van der Waals surface area contributed by atoms with Crippen LogP contribution in [0.5, 0.6) is 0 Å². The van der Waals surface area contributed by atoms with Gasteiger partial charge in [0.1, 0.15) is 5.82 Å². The van der Waals surface area contributed by atoms with Gasteiger partial charge in [0.2, 0.25) is 5.91 Å². The Morgan fingerprint density at radius 3 is 2.52 bits per heavy atom. The number of rotatable bonds is 6. The zero-order valence-electron chi connectivity index (χ0n) is 16.8. The van der Waals surface area contributed by atoms with Crippen LogP contribution >= 0.6 is 23.4 Å². The number of halogens is 2. The van der Waals surface area contributed by atoms with E-state index in [2.05, 4.69) is 16.7 Å². The number of hydrogen-bond acceptors (Lipinski definition) is 5. The van der Waals surface area contributed by atoms with Crippen LogP contribution in [0, 0.1) is 17.1 Å². The fraction of sp³-hybridized carbons (Fsp3) is 0.174. The summed E-state index contributed by atoms with van der Waals surface area (Å²) in [5, 5.41) is 16.6. The topological polar surface area (TPSA) is 82.0 Å². The molecule has 0 unspecified atom stereocenters. The SMILES string of the molecule is CC(=O)C1=C(C)NC(SCC(=O)Nc2ccc(F)cc2)=C(C#N)[C@H]1c1ccccc1Cl. The third-order valence-electron chi connectivity index (χ3n) is 4.72. The second kappa shape index (κ2) is 9.82. The zero-order valence-corrected chi connectivity index (χ0v) is 18.4. The minimum absolute atomic E-state index is 0.0167. The van der Waals surface area contributed by atoms with E-state index in [9.17, 15) is 19.2 Å². The summed E-state index contributed by atoms with van der Waals surface area (Å²) in [5.74, 6) is -1.47. The Morgan fingerprint density at radius 1 is 1.23 bits per heavy atom. The molecule has 3 rings (SSSR count). The van der Waals surface area contributed by atoms with E-state index in [0.717, 1.165) is 11.8 Å². The number of nitrogens with one attached hydrogen (secondary N) is 2. The minimum atomic E-state index is -0.625. The van der Waals surface area contributed by atoms with Crippen molar-refractivity contribution in [2.24, 2.45) is 0 Å². The molecule has 0 radical (unpaired) electrons. The van der Waals surface area contributed by atoms with E-state index < -0.39 is 11.7 Å². The second-order valence-corrected chi connectivity index (χ2v) is 8.27. The fourth-order valence-corrected chi connectivity index (χ4v) is 4.52. The largest absolute Gasteiger partial charge is 0.353 e. The molecule has 158 valence electrons. The van der Waals surface area contributed by atoms with E-state index in [4.69, 9.17) is 11.6 Å². The molecule has 2 aromatic carbocycles. The number of nitrogens with zero attached hydrogens (tertiary/aromatic N) is 1. The molecule has 0 aromatic heterocycles. The van der Waals surface area contributed by atoms with Crippen LogP contribution in [0.2, 0.25) is 5.02 Å². The molecule has 5 nitrogen and oxygen atoms in total. The minimum Gasteiger partial charge on any atom is -0.353 e. The molecule has 8 heteroatoms. The number of benzene rings is 2. The first-order valence-corrected chi connectivity index (χ1v) is 10.7. The lowest BCUT2D eigenvalue weighted by Gasteiger charge is -2.29. The van der Waals surface area contributed by atoms with Gasteiger partial charge in [0, 0.05) is 22.0 Å². The lowest BCUT2D eigenvalue weighted by molar-refractivity contribution is -0.114. The summed E-state index contributed by atoms with van der Waals surface area (Å²) < 4.78 is 13.0. The summed E-state index contributed by atoms with van der Waals surface area (Å²) in [7, 11) is 0. The number of thioether (sulfide) groups is 1. The van der Waals surface area contributed by atoms with E-state index in [1.807, 2.05) is 0 Å². The van der Waals surface area contributed by atoms with Gasteiger partial charge in [-0.15, -0.1) is 0 Å². The Labute approximate surface area is 189 Å². The van der Waals surface area contributed by atoms with Crippen LogP contribution in [0.3, 0.4) is 0 Å². The van der Waals surface area contributed by atoms with Crippen LogP contribution in [0.4, 0.5) is 10.1 Å². The number of carbonyl (C=O) groups excluding carboxylic acids is 2. The zero-order chi connectivity index (χ0) is 22.5. The molecule has 1 aliphatic heterocycles. The molecule has 0 saturated carbocycles. The van der Waals surface area contributed by atoms with Crippen molar-refractivity contribution < 1.29 is 14.0 Å². The summed E-state index contributed by atoms with van der Waals surface area (Å²) >= 11 is 7.54. The Balaban J connectivity index is 1.88. The van der Waals surface area contributed by atoms with Gasteiger partial charge in [-0.2, -0.15) is 5.26 Å². The predicted molar refractivity (Wildman–Crippen MR) is 121 cm³/mol. The standard InChI is InChI=1S/C23H19ClFN3O2S/c1-13-21(14(2)29)22(17-5-3-4-6-19(17)24)18(11-26)23(27-13)31-12-20(30)28-16-9-7-15(25)8-10-16/h3-10,22,27H,12H2,1-2H3,(H,28,30)/t22-/m1/s1. The van der Waals surface area contributed by atoms with Gasteiger partial charge in [-0.05, 0) is 49.7 Å². The smallest absolute Gasteiger partial charge is 0.234 e. The summed E-state index contributed by atoms with van der Waals surface area (Å²) in [4.78, 5) is 24.7. The van der Waals surface area contributed by atoms with Crippen molar-refractivity contribution in [1.29, 1.82) is 5.26 Å². The van der Waals surface area contributed by atoms with Crippen molar-refractivity contribution in [3.05, 3.63) is 86.8 Å². The molecule has 31 heavy (non-hydrogen) atoms. The van der Waals surface area contributed by atoms with Crippen molar-refractivity contribution in [2.45, 2.75) is 19.8 Å². The van der Waals surface area contributed by atoms with Gasteiger partial charge < -0.3 is 10.6 Å².